The molecule has 0 spiro atoms. The predicted octanol–water partition coefficient (Wildman–Crippen LogP) is 2.80. The third-order valence-electron chi connectivity index (χ3n) is 2.37. The van der Waals surface area contributed by atoms with E-state index in [0.717, 1.165) is 11.3 Å². The lowest BCUT2D eigenvalue weighted by Crippen LogP contribution is -2.31. The third kappa shape index (κ3) is 2.13. The van der Waals surface area contributed by atoms with Gasteiger partial charge < -0.3 is 0 Å². The summed E-state index contributed by atoms with van der Waals surface area (Å²) >= 11 is 0. The van der Waals surface area contributed by atoms with Crippen LogP contribution in [-0.2, 0) is 0 Å². The molecule has 0 bridgehead atoms. The van der Waals surface area contributed by atoms with Gasteiger partial charge in [0.2, 0.25) is 5.70 Å². The Morgan fingerprint density at radius 2 is 1.80 bits per heavy atom. The van der Waals surface area contributed by atoms with E-state index in [0.29, 0.717) is 0 Å². The van der Waals surface area contributed by atoms with E-state index in [2.05, 4.69) is 37.9 Å². The van der Waals surface area contributed by atoms with E-state index in [1.807, 2.05) is 35.0 Å². The van der Waals surface area contributed by atoms with Gasteiger partial charge in [0.25, 0.3) is 0 Å². The number of benzene rings is 1. The molecule has 15 heavy (non-hydrogen) atoms. The van der Waals surface area contributed by atoms with Crippen molar-refractivity contribution in [2.24, 2.45) is 0 Å². The molecular formula is C14H14N+. The van der Waals surface area contributed by atoms with Gasteiger partial charge in [0, 0.05) is 17.2 Å². The molecule has 1 heteroatoms. The maximum absolute atomic E-state index is 4.10. The Bertz CT molecular complexity index is 472. The number of nitrogens with zero attached hydrogens (tertiary/aromatic N) is 1. The number of aromatic nitrogens is 1. The van der Waals surface area contributed by atoms with Gasteiger partial charge in [0.1, 0.15) is 0 Å². The van der Waals surface area contributed by atoms with Gasteiger partial charge in [-0.1, -0.05) is 18.2 Å². The molecule has 0 saturated carbocycles. The summed E-state index contributed by atoms with van der Waals surface area (Å²) in [6, 6.07) is 14.3. The van der Waals surface area contributed by atoms with Crippen LogP contribution in [0.15, 0.2) is 61.4 Å². The van der Waals surface area contributed by atoms with Crippen LogP contribution in [0.1, 0.15) is 11.1 Å². The van der Waals surface area contributed by atoms with Crippen molar-refractivity contribution in [3.63, 3.8) is 0 Å². The molecule has 0 fully saturated rings. The van der Waals surface area contributed by atoms with E-state index in [-0.39, 0.29) is 0 Å². The molecule has 1 heterocycles. The van der Waals surface area contributed by atoms with Gasteiger partial charge in [-0.25, -0.2) is 0 Å². The highest BCUT2D eigenvalue weighted by molar-refractivity contribution is 5.55. The molecule has 0 unspecified atom stereocenters. The molecule has 0 atom stereocenters. The molecule has 0 aliphatic heterocycles. The normalized spacial score (nSPS) is 9.93. The standard InChI is InChI=1S/C14H14N/c1-12-7-6-10-15(11-12)13(2)14-8-4-3-5-9-14/h3-11H,2H2,1H3/q+1. The highest BCUT2D eigenvalue weighted by Gasteiger charge is 2.08. The van der Waals surface area contributed by atoms with Gasteiger partial charge in [-0.05, 0) is 31.7 Å². The van der Waals surface area contributed by atoms with Crippen molar-refractivity contribution in [2.75, 3.05) is 0 Å². The second-order valence-electron chi connectivity index (χ2n) is 3.60. The number of pyridine rings is 1. The zero-order valence-corrected chi connectivity index (χ0v) is 8.85. The molecular weight excluding hydrogens is 182 g/mol. The number of rotatable bonds is 2. The Morgan fingerprint density at radius 1 is 1.07 bits per heavy atom. The first-order chi connectivity index (χ1) is 7.27. The minimum absolute atomic E-state index is 0.999. The van der Waals surface area contributed by atoms with Crippen molar-refractivity contribution in [3.8, 4) is 0 Å². The van der Waals surface area contributed by atoms with E-state index < -0.39 is 0 Å². The lowest BCUT2D eigenvalue weighted by Gasteiger charge is -2.00. The molecule has 74 valence electrons. The smallest absolute Gasteiger partial charge is 0.167 e. The van der Waals surface area contributed by atoms with E-state index in [1.165, 1.54) is 5.56 Å². The van der Waals surface area contributed by atoms with Gasteiger partial charge in [-0.2, -0.15) is 4.57 Å². The summed E-state index contributed by atoms with van der Waals surface area (Å²) in [5.41, 5.74) is 3.38. The second-order valence-corrected chi connectivity index (χ2v) is 3.60. The molecule has 2 rings (SSSR count). The Kier molecular flexibility index (Phi) is 2.64. The zero-order valence-electron chi connectivity index (χ0n) is 8.85. The van der Waals surface area contributed by atoms with Crippen LogP contribution in [0.2, 0.25) is 0 Å². The maximum atomic E-state index is 4.10. The van der Waals surface area contributed by atoms with Gasteiger partial charge in [0.15, 0.2) is 12.4 Å². The maximum Gasteiger partial charge on any atom is 0.210 e. The van der Waals surface area contributed by atoms with Crippen LogP contribution in [0.3, 0.4) is 0 Å². The van der Waals surface area contributed by atoms with Crippen LogP contribution >= 0.6 is 0 Å². The molecule has 0 N–H and O–H groups in total. The Balaban J connectivity index is 2.37. The SMILES string of the molecule is C=C(c1ccccc1)[n+]1cccc(C)c1. The largest absolute Gasteiger partial charge is 0.210 e. The topological polar surface area (TPSA) is 3.88 Å². The fraction of sp³-hybridized carbons (Fsp3) is 0.0714. The quantitative estimate of drug-likeness (QED) is 0.650. The summed E-state index contributed by atoms with van der Waals surface area (Å²) in [7, 11) is 0. The molecule has 0 radical (unpaired) electrons. The second kappa shape index (κ2) is 4.09. The lowest BCUT2D eigenvalue weighted by atomic mass is 10.1. The average molecular weight is 196 g/mol. The summed E-state index contributed by atoms with van der Waals surface area (Å²) in [5.74, 6) is 0. The van der Waals surface area contributed by atoms with Crippen LogP contribution in [0.4, 0.5) is 0 Å². The Morgan fingerprint density at radius 3 is 2.47 bits per heavy atom. The summed E-state index contributed by atoms with van der Waals surface area (Å²) in [6.07, 6.45) is 4.09. The van der Waals surface area contributed by atoms with Crippen LogP contribution in [0.25, 0.3) is 5.70 Å². The first-order valence-electron chi connectivity index (χ1n) is 5.00. The molecule has 0 aliphatic carbocycles. The first-order valence-corrected chi connectivity index (χ1v) is 5.00. The van der Waals surface area contributed by atoms with Gasteiger partial charge in [-0.15, -0.1) is 0 Å². The van der Waals surface area contributed by atoms with Crippen LogP contribution in [0.5, 0.6) is 0 Å². The minimum Gasteiger partial charge on any atom is -0.167 e. The molecule has 1 aromatic carbocycles. The van der Waals surface area contributed by atoms with Crippen LogP contribution < -0.4 is 4.57 Å². The van der Waals surface area contributed by atoms with Crippen molar-refractivity contribution >= 4 is 5.70 Å². The highest BCUT2D eigenvalue weighted by atomic mass is 14.9. The molecule has 1 nitrogen and oxygen atoms in total. The van der Waals surface area contributed by atoms with Crippen molar-refractivity contribution < 1.29 is 4.57 Å². The molecule has 0 saturated heterocycles. The van der Waals surface area contributed by atoms with Crippen molar-refractivity contribution in [2.45, 2.75) is 6.92 Å². The summed E-state index contributed by atoms with van der Waals surface area (Å²) in [5, 5.41) is 0. The average Bonchev–Trinajstić information content (AvgIpc) is 2.29. The van der Waals surface area contributed by atoms with E-state index in [1.54, 1.807) is 0 Å². The molecule has 0 amide bonds. The van der Waals surface area contributed by atoms with E-state index in [4.69, 9.17) is 0 Å². The summed E-state index contributed by atoms with van der Waals surface area (Å²) in [4.78, 5) is 0. The van der Waals surface area contributed by atoms with Gasteiger partial charge in [0.05, 0.1) is 0 Å². The monoisotopic (exact) mass is 196 g/mol. The Hall–Kier alpha value is -1.89. The van der Waals surface area contributed by atoms with Gasteiger partial charge in [-0.3, -0.25) is 0 Å². The van der Waals surface area contributed by atoms with Crippen LogP contribution in [-0.4, -0.2) is 0 Å². The Labute approximate surface area is 90.3 Å². The zero-order chi connectivity index (χ0) is 10.7. The van der Waals surface area contributed by atoms with E-state index in [9.17, 15) is 0 Å². The number of aryl methyl sites for hydroxylation is 1. The molecule has 2 aromatic rings. The van der Waals surface area contributed by atoms with Gasteiger partial charge >= 0.3 is 0 Å². The number of hydrogen-bond acceptors (Lipinski definition) is 0. The van der Waals surface area contributed by atoms with Crippen molar-refractivity contribution in [1.29, 1.82) is 0 Å². The van der Waals surface area contributed by atoms with Crippen LogP contribution in [0, 0.1) is 6.92 Å². The fourth-order valence-electron chi connectivity index (χ4n) is 1.54. The lowest BCUT2D eigenvalue weighted by molar-refractivity contribution is -0.579. The predicted molar refractivity (Wildman–Crippen MR) is 62.2 cm³/mol. The van der Waals surface area contributed by atoms with Crippen molar-refractivity contribution in [3.05, 3.63) is 72.6 Å². The minimum atomic E-state index is 0.999. The fourth-order valence-corrected chi connectivity index (χ4v) is 1.54. The first kappa shape index (κ1) is 9.66. The molecule has 1 aromatic heterocycles. The number of hydrogen-bond donors (Lipinski definition) is 0. The van der Waals surface area contributed by atoms with Crippen molar-refractivity contribution in [1.82, 2.24) is 0 Å². The molecule has 0 aliphatic rings. The van der Waals surface area contributed by atoms with E-state index >= 15 is 0 Å². The summed E-state index contributed by atoms with van der Waals surface area (Å²) < 4.78 is 2.05. The third-order valence-corrected chi connectivity index (χ3v) is 2.37. The summed E-state index contributed by atoms with van der Waals surface area (Å²) in [6.45, 7) is 6.18. The highest BCUT2D eigenvalue weighted by Crippen LogP contribution is 2.07.